The highest BCUT2D eigenvalue weighted by atomic mass is 15.1. The molecule has 1 aliphatic heterocycles. The lowest BCUT2D eigenvalue weighted by molar-refractivity contribution is 0.252. The lowest BCUT2D eigenvalue weighted by atomic mass is 9.98. The molecule has 2 nitrogen and oxygen atoms in total. The Hall–Kier alpha value is -1.46. The lowest BCUT2D eigenvalue weighted by Crippen LogP contribution is -2.31. The van der Waals surface area contributed by atoms with Crippen LogP contribution in [0.3, 0.4) is 0 Å². The number of nitrogen functional groups attached to an aromatic ring is 1. The minimum Gasteiger partial charge on any atom is -0.398 e. The van der Waals surface area contributed by atoms with Gasteiger partial charge in [-0.05, 0) is 36.6 Å². The molecule has 0 unspecified atom stereocenters. The van der Waals surface area contributed by atoms with Crippen LogP contribution in [0.4, 0.5) is 5.69 Å². The molecule has 0 saturated heterocycles. The highest BCUT2D eigenvalue weighted by molar-refractivity contribution is 5.51. The van der Waals surface area contributed by atoms with Crippen molar-refractivity contribution in [1.29, 1.82) is 0 Å². The highest BCUT2D eigenvalue weighted by Crippen LogP contribution is 2.23. The molecule has 0 saturated carbocycles. The largest absolute Gasteiger partial charge is 0.398 e. The fourth-order valence-corrected chi connectivity index (χ4v) is 2.29. The Labute approximate surface area is 97.4 Å². The van der Waals surface area contributed by atoms with Crippen LogP contribution in [0.25, 0.3) is 0 Å². The van der Waals surface area contributed by atoms with Crippen molar-refractivity contribution in [2.24, 2.45) is 0 Å². The van der Waals surface area contributed by atoms with E-state index < -0.39 is 0 Å². The summed E-state index contributed by atoms with van der Waals surface area (Å²) in [6.45, 7) is 3.22. The predicted molar refractivity (Wildman–Crippen MR) is 67.9 cm³/mol. The van der Waals surface area contributed by atoms with E-state index in [2.05, 4.69) is 16.9 Å². The Kier molecular flexibility index (Phi) is 3.48. The van der Waals surface area contributed by atoms with Crippen LogP contribution >= 0.6 is 0 Å². The second-order valence-corrected chi connectivity index (χ2v) is 4.32. The number of nitrogens with two attached hydrogens (primary N) is 1. The van der Waals surface area contributed by atoms with Crippen LogP contribution in [-0.4, -0.2) is 18.0 Å². The SMILES string of the molecule is C#CCCCN1CCc2c(N)cccc2C1. The van der Waals surface area contributed by atoms with Crippen LogP contribution in [-0.2, 0) is 13.0 Å². The van der Waals surface area contributed by atoms with E-state index in [0.29, 0.717) is 0 Å². The Balaban J connectivity index is 1.99. The number of benzene rings is 1. The molecule has 16 heavy (non-hydrogen) atoms. The summed E-state index contributed by atoms with van der Waals surface area (Å²) in [4.78, 5) is 2.46. The molecule has 0 aromatic heterocycles. The first-order valence-corrected chi connectivity index (χ1v) is 5.83. The van der Waals surface area contributed by atoms with Gasteiger partial charge in [-0.3, -0.25) is 4.90 Å². The molecule has 1 aromatic rings. The molecule has 0 fully saturated rings. The number of unbranched alkanes of at least 4 members (excludes halogenated alkanes) is 1. The molecule has 1 heterocycles. The molecule has 2 rings (SSSR count). The van der Waals surface area contributed by atoms with Gasteiger partial charge in [0.1, 0.15) is 0 Å². The number of rotatable bonds is 3. The Morgan fingerprint density at radius 3 is 3.12 bits per heavy atom. The fraction of sp³-hybridized carbons (Fsp3) is 0.429. The Morgan fingerprint density at radius 2 is 2.31 bits per heavy atom. The van der Waals surface area contributed by atoms with Crippen molar-refractivity contribution < 1.29 is 0 Å². The molecule has 0 bridgehead atoms. The first-order chi connectivity index (χ1) is 7.81. The van der Waals surface area contributed by atoms with Gasteiger partial charge in [-0.2, -0.15) is 0 Å². The topological polar surface area (TPSA) is 29.3 Å². The van der Waals surface area contributed by atoms with Crippen molar-refractivity contribution in [2.45, 2.75) is 25.8 Å². The van der Waals surface area contributed by atoms with Gasteiger partial charge in [0.15, 0.2) is 0 Å². The van der Waals surface area contributed by atoms with Crippen molar-refractivity contribution >= 4 is 5.69 Å². The molecule has 0 spiro atoms. The lowest BCUT2D eigenvalue weighted by Gasteiger charge is -2.29. The van der Waals surface area contributed by atoms with Crippen LogP contribution in [0.1, 0.15) is 24.0 Å². The van der Waals surface area contributed by atoms with E-state index >= 15 is 0 Å². The Bertz CT molecular complexity index is 404. The van der Waals surface area contributed by atoms with Crippen molar-refractivity contribution in [3.8, 4) is 12.3 Å². The average Bonchev–Trinajstić information content (AvgIpc) is 2.30. The highest BCUT2D eigenvalue weighted by Gasteiger charge is 2.16. The predicted octanol–water partition coefficient (Wildman–Crippen LogP) is 2.04. The minimum absolute atomic E-state index is 0.875. The van der Waals surface area contributed by atoms with E-state index in [-0.39, 0.29) is 0 Å². The van der Waals surface area contributed by atoms with Crippen LogP contribution in [0.2, 0.25) is 0 Å². The molecule has 2 heteroatoms. The van der Waals surface area contributed by atoms with E-state index in [1.807, 2.05) is 12.1 Å². The van der Waals surface area contributed by atoms with E-state index in [1.54, 1.807) is 0 Å². The summed E-state index contributed by atoms with van der Waals surface area (Å²) in [5, 5.41) is 0. The van der Waals surface area contributed by atoms with Crippen molar-refractivity contribution in [3.63, 3.8) is 0 Å². The van der Waals surface area contributed by atoms with Gasteiger partial charge in [0.2, 0.25) is 0 Å². The van der Waals surface area contributed by atoms with E-state index in [9.17, 15) is 0 Å². The quantitative estimate of drug-likeness (QED) is 0.474. The second-order valence-electron chi connectivity index (χ2n) is 4.32. The van der Waals surface area contributed by atoms with E-state index in [4.69, 9.17) is 12.2 Å². The molecule has 0 aliphatic carbocycles. The van der Waals surface area contributed by atoms with Crippen LogP contribution in [0.15, 0.2) is 18.2 Å². The number of hydrogen-bond donors (Lipinski definition) is 1. The zero-order valence-electron chi connectivity index (χ0n) is 9.58. The van der Waals surface area contributed by atoms with Crippen molar-refractivity contribution in [3.05, 3.63) is 29.3 Å². The summed E-state index contributed by atoms with van der Waals surface area (Å²) >= 11 is 0. The summed E-state index contributed by atoms with van der Waals surface area (Å²) in [7, 11) is 0. The van der Waals surface area contributed by atoms with Gasteiger partial charge in [-0.25, -0.2) is 0 Å². The van der Waals surface area contributed by atoms with Crippen molar-refractivity contribution in [1.82, 2.24) is 4.90 Å². The first kappa shape index (κ1) is 11.0. The molecule has 2 N–H and O–H groups in total. The molecule has 1 aromatic carbocycles. The third-order valence-corrected chi connectivity index (χ3v) is 3.18. The van der Waals surface area contributed by atoms with Crippen LogP contribution < -0.4 is 5.73 Å². The zero-order chi connectivity index (χ0) is 11.4. The van der Waals surface area contributed by atoms with Crippen LogP contribution in [0.5, 0.6) is 0 Å². The zero-order valence-corrected chi connectivity index (χ0v) is 9.58. The van der Waals surface area contributed by atoms with Gasteiger partial charge >= 0.3 is 0 Å². The molecule has 0 radical (unpaired) electrons. The standard InChI is InChI=1S/C14H18N2/c1-2-3-4-9-16-10-8-13-12(11-16)6-5-7-14(13)15/h1,5-7H,3-4,8-11,15H2. The summed E-state index contributed by atoms with van der Waals surface area (Å²) in [6.07, 6.45) is 8.29. The number of hydrogen-bond acceptors (Lipinski definition) is 2. The summed E-state index contributed by atoms with van der Waals surface area (Å²) in [5.41, 5.74) is 9.63. The maximum Gasteiger partial charge on any atom is 0.0350 e. The van der Waals surface area contributed by atoms with E-state index in [0.717, 1.165) is 44.6 Å². The third-order valence-electron chi connectivity index (χ3n) is 3.18. The van der Waals surface area contributed by atoms with Gasteiger partial charge in [-0.1, -0.05) is 12.1 Å². The fourth-order valence-electron chi connectivity index (χ4n) is 2.29. The minimum atomic E-state index is 0.875. The summed E-state index contributed by atoms with van der Waals surface area (Å²) < 4.78 is 0. The number of nitrogens with zero attached hydrogens (tertiary/aromatic N) is 1. The molecular formula is C14H18N2. The van der Waals surface area contributed by atoms with Gasteiger partial charge in [0.25, 0.3) is 0 Å². The monoisotopic (exact) mass is 214 g/mol. The first-order valence-electron chi connectivity index (χ1n) is 5.83. The summed E-state index contributed by atoms with van der Waals surface area (Å²) in [5.74, 6) is 2.69. The third kappa shape index (κ3) is 2.37. The molecule has 1 aliphatic rings. The number of fused-ring (bicyclic) bond motifs is 1. The maximum absolute atomic E-state index is 5.96. The average molecular weight is 214 g/mol. The van der Waals surface area contributed by atoms with Gasteiger partial charge in [-0.15, -0.1) is 12.3 Å². The molecular weight excluding hydrogens is 196 g/mol. The van der Waals surface area contributed by atoms with Gasteiger partial charge in [0, 0.05) is 25.2 Å². The smallest absolute Gasteiger partial charge is 0.0350 e. The normalized spacial score (nSPS) is 15.4. The number of anilines is 1. The molecule has 84 valence electrons. The Morgan fingerprint density at radius 1 is 1.44 bits per heavy atom. The van der Waals surface area contributed by atoms with Crippen LogP contribution in [0, 0.1) is 12.3 Å². The van der Waals surface area contributed by atoms with Gasteiger partial charge < -0.3 is 5.73 Å². The molecule has 0 atom stereocenters. The summed E-state index contributed by atoms with van der Waals surface area (Å²) in [6, 6.07) is 6.21. The van der Waals surface area contributed by atoms with Gasteiger partial charge in [0.05, 0.1) is 0 Å². The maximum atomic E-state index is 5.96. The van der Waals surface area contributed by atoms with Crippen molar-refractivity contribution in [2.75, 3.05) is 18.8 Å². The molecule has 0 amide bonds. The number of terminal acetylenes is 1. The van der Waals surface area contributed by atoms with E-state index in [1.165, 1.54) is 11.1 Å². The second kappa shape index (κ2) is 5.05.